The van der Waals surface area contributed by atoms with Gasteiger partial charge in [0.15, 0.2) is 0 Å². The summed E-state index contributed by atoms with van der Waals surface area (Å²) in [6.07, 6.45) is 7.12. The normalized spacial score (nSPS) is 18.5. The molecule has 1 aliphatic heterocycles. The van der Waals surface area contributed by atoms with Crippen molar-refractivity contribution < 1.29 is 0 Å². The lowest BCUT2D eigenvalue weighted by Gasteiger charge is -2.30. The number of hydrogen-bond donors (Lipinski definition) is 0. The van der Waals surface area contributed by atoms with E-state index in [4.69, 9.17) is 0 Å². The summed E-state index contributed by atoms with van der Waals surface area (Å²) in [6, 6.07) is 4.31. The first-order valence-electron chi connectivity index (χ1n) is 6.52. The Morgan fingerprint density at radius 3 is 2.75 bits per heavy atom. The second kappa shape index (κ2) is 5.33. The molecule has 2 nitrogen and oxygen atoms in total. The molecule has 0 saturated carbocycles. The number of piperidine rings is 1. The molecule has 1 fully saturated rings. The summed E-state index contributed by atoms with van der Waals surface area (Å²) in [4.78, 5) is 7.06. The number of nitrogens with zero attached hydrogens (tertiary/aromatic N) is 2. The van der Waals surface area contributed by atoms with Crippen LogP contribution >= 0.6 is 0 Å². The topological polar surface area (TPSA) is 16.1 Å². The number of pyridine rings is 1. The molecule has 0 aromatic carbocycles. The van der Waals surface area contributed by atoms with Gasteiger partial charge < -0.3 is 4.90 Å². The van der Waals surface area contributed by atoms with Gasteiger partial charge in [0.25, 0.3) is 0 Å². The van der Waals surface area contributed by atoms with E-state index < -0.39 is 0 Å². The van der Waals surface area contributed by atoms with Crippen LogP contribution in [0.25, 0.3) is 0 Å². The maximum Gasteiger partial charge on any atom is 0.131 e. The van der Waals surface area contributed by atoms with Gasteiger partial charge in [0.1, 0.15) is 5.82 Å². The molecule has 1 aromatic heterocycles. The highest BCUT2D eigenvalue weighted by Gasteiger charge is 2.17. The van der Waals surface area contributed by atoms with E-state index in [1.807, 2.05) is 6.20 Å². The third-order valence-electron chi connectivity index (χ3n) is 3.62. The van der Waals surface area contributed by atoms with Crippen LogP contribution in [0, 0.1) is 0 Å². The minimum Gasteiger partial charge on any atom is -0.356 e. The van der Waals surface area contributed by atoms with Crippen molar-refractivity contribution >= 4 is 5.82 Å². The zero-order chi connectivity index (χ0) is 11.4. The first-order chi connectivity index (χ1) is 7.83. The molecule has 2 rings (SSSR count). The Morgan fingerprint density at radius 2 is 2.06 bits per heavy atom. The largest absolute Gasteiger partial charge is 0.356 e. The van der Waals surface area contributed by atoms with Gasteiger partial charge in [-0.05, 0) is 43.2 Å². The Kier molecular flexibility index (Phi) is 3.81. The third kappa shape index (κ3) is 2.37. The zero-order valence-electron chi connectivity index (χ0n) is 10.4. The Bertz CT molecular complexity index is 329. The van der Waals surface area contributed by atoms with E-state index in [1.165, 1.54) is 50.2 Å². The molecule has 0 bridgehead atoms. The van der Waals surface area contributed by atoms with Gasteiger partial charge in [-0.3, -0.25) is 0 Å². The summed E-state index contributed by atoms with van der Waals surface area (Å²) in [7, 11) is 0. The van der Waals surface area contributed by atoms with Crippen molar-refractivity contribution in [1.82, 2.24) is 4.98 Å². The van der Waals surface area contributed by atoms with Crippen LogP contribution in [-0.4, -0.2) is 18.1 Å². The monoisotopic (exact) mass is 218 g/mol. The predicted octanol–water partition coefficient (Wildman–Crippen LogP) is 3.59. The van der Waals surface area contributed by atoms with E-state index >= 15 is 0 Å². The minimum absolute atomic E-state index is 0.616. The quantitative estimate of drug-likeness (QED) is 0.771. The van der Waals surface area contributed by atoms with Crippen molar-refractivity contribution in [3.63, 3.8) is 0 Å². The Morgan fingerprint density at radius 1 is 1.31 bits per heavy atom. The van der Waals surface area contributed by atoms with E-state index in [0.717, 1.165) is 0 Å². The van der Waals surface area contributed by atoms with Crippen LogP contribution in [0.15, 0.2) is 18.3 Å². The highest BCUT2D eigenvalue weighted by atomic mass is 15.2. The third-order valence-corrected chi connectivity index (χ3v) is 3.62. The molecule has 0 spiro atoms. The van der Waals surface area contributed by atoms with Gasteiger partial charge in [-0.1, -0.05) is 19.9 Å². The molecule has 2 heterocycles. The fourth-order valence-electron chi connectivity index (χ4n) is 2.38. The van der Waals surface area contributed by atoms with E-state index in [0.29, 0.717) is 5.92 Å². The van der Waals surface area contributed by atoms with Crippen molar-refractivity contribution in [2.45, 2.75) is 45.4 Å². The number of anilines is 1. The van der Waals surface area contributed by atoms with Crippen LogP contribution in [0.1, 0.15) is 51.0 Å². The van der Waals surface area contributed by atoms with Crippen molar-refractivity contribution in [2.24, 2.45) is 0 Å². The Hall–Kier alpha value is -1.05. The summed E-state index contributed by atoms with van der Waals surface area (Å²) in [5, 5.41) is 0. The first-order valence-corrected chi connectivity index (χ1v) is 6.52. The van der Waals surface area contributed by atoms with E-state index in [-0.39, 0.29) is 0 Å². The molecule has 0 amide bonds. The first kappa shape index (κ1) is 11.4. The summed E-state index contributed by atoms with van der Waals surface area (Å²) >= 11 is 0. The fraction of sp³-hybridized carbons (Fsp3) is 0.643. The molecule has 2 heteroatoms. The van der Waals surface area contributed by atoms with Crippen LogP contribution in [0.3, 0.4) is 0 Å². The standard InChI is InChI=1S/C14H22N2/c1-3-12(2)13-8-7-9-15-14(13)16-10-5-4-6-11-16/h7-9,12H,3-6,10-11H2,1-2H3. The van der Waals surface area contributed by atoms with Crippen molar-refractivity contribution in [3.05, 3.63) is 23.9 Å². The van der Waals surface area contributed by atoms with Crippen LogP contribution in [0.4, 0.5) is 5.82 Å². The molecule has 1 saturated heterocycles. The van der Waals surface area contributed by atoms with Crippen LogP contribution < -0.4 is 4.90 Å². The number of rotatable bonds is 3. The average molecular weight is 218 g/mol. The zero-order valence-corrected chi connectivity index (χ0v) is 10.4. The minimum atomic E-state index is 0.616. The maximum atomic E-state index is 4.60. The van der Waals surface area contributed by atoms with Gasteiger partial charge >= 0.3 is 0 Å². The van der Waals surface area contributed by atoms with Gasteiger partial charge in [-0.15, -0.1) is 0 Å². The predicted molar refractivity (Wildman–Crippen MR) is 69.0 cm³/mol. The van der Waals surface area contributed by atoms with E-state index in [2.05, 4.69) is 35.9 Å². The summed E-state index contributed by atoms with van der Waals surface area (Å²) in [5.41, 5.74) is 1.42. The molecule has 1 unspecified atom stereocenters. The van der Waals surface area contributed by atoms with E-state index in [1.54, 1.807) is 0 Å². The van der Waals surface area contributed by atoms with E-state index in [9.17, 15) is 0 Å². The molecule has 1 atom stereocenters. The van der Waals surface area contributed by atoms with Crippen LogP contribution in [-0.2, 0) is 0 Å². The lowest BCUT2D eigenvalue weighted by molar-refractivity contribution is 0.568. The Balaban J connectivity index is 2.24. The lowest BCUT2D eigenvalue weighted by atomic mass is 9.98. The molecular weight excluding hydrogens is 196 g/mol. The summed E-state index contributed by atoms with van der Waals surface area (Å²) in [6.45, 7) is 6.91. The summed E-state index contributed by atoms with van der Waals surface area (Å²) in [5.74, 6) is 1.85. The van der Waals surface area contributed by atoms with Gasteiger partial charge in [0.05, 0.1) is 0 Å². The second-order valence-electron chi connectivity index (χ2n) is 4.77. The number of hydrogen-bond acceptors (Lipinski definition) is 2. The highest BCUT2D eigenvalue weighted by molar-refractivity contribution is 5.48. The molecule has 0 radical (unpaired) electrons. The molecule has 0 aliphatic carbocycles. The van der Waals surface area contributed by atoms with Gasteiger partial charge in [0.2, 0.25) is 0 Å². The maximum absolute atomic E-state index is 4.60. The fourth-order valence-corrected chi connectivity index (χ4v) is 2.38. The average Bonchev–Trinajstić information content (AvgIpc) is 2.39. The molecule has 0 N–H and O–H groups in total. The highest BCUT2D eigenvalue weighted by Crippen LogP contribution is 2.29. The van der Waals surface area contributed by atoms with Crippen molar-refractivity contribution in [2.75, 3.05) is 18.0 Å². The van der Waals surface area contributed by atoms with Gasteiger partial charge in [0, 0.05) is 19.3 Å². The van der Waals surface area contributed by atoms with Crippen molar-refractivity contribution in [3.8, 4) is 0 Å². The van der Waals surface area contributed by atoms with Crippen molar-refractivity contribution in [1.29, 1.82) is 0 Å². The Labute approximate surface area is 98.7 Å². The van der Waals surface area contributed by atoms with Gasteiger partial charge in [-0.2, -0.15) is 0 Å². The molecule has 1 aromatic rings. The molecular formula is C14H22N2. The molecule has 1 aliphatic rings. The van der Waals surface area contributed by atoms with Crippen LogP contribution in [0.5, 0.6) is 0 Å². The SMILES string of the molecule is CCC(C)c1cccnc1N1CCCCC1. The molecule has 88 valence electrons. The number of aromatic nitrogens is 1. The smallest absolute Gasteiger partial charge is 0.131 e. The second-order valence-corrected chi connectivity index (χ2v) is 4.77. The molecule has 16 heavy (non-hydrogen) atoms. The van der Waals surface area contributed by atoms with Crippen LogP contribution in [0.2, 0.25) is 0 Å². The summed E-state index contributed by atoms with van der Waals surface area (Å²) < 4.78 is 0. The lowest BCUT2D eigenvalue weighted by Crippen LogP contribution is -2.31. The van der Waals surface area contributed by atoms with Gasteiger partial charge in [-0.25, -0.2) is 4.98 Å².